The second kappa shape index (κ2) is 6.40. The summed E-state index contributed by atoms with van der Waals surface area (Å²) in [5, 5.41) is 0. The van der Waals surface area contributed by atoms with Crippen molar-refractivity contribution < 1.29 is 9.53 Å². The molecule has 0 aliphatic carbocycles. The summed E-state index contributed by atoms with van der Waals surface area (Å²) in [6.45, 7) is 6.93. The maximum absolute atomic E-state index is 12.6. The van der Waals surface area contributed by atoms with Crippen molar-refractivity contribution in [2.75, 3.05) is 13.7 Å². The first-order valence-corrected chi connectivity index (χ1v) is 7.46. The number of nitrogens with zero attached hydrogens (tertiary/aromatic N) is 1. The fourth-order valence-corrected chi connectivity index (χ4v) is 3.07. The minimum Gasteiger partial charge on any atom is -0.496 e. The first-order chi connectivity index (χ1) is 9.52. The fraction of sp³-hybridized carbons (Fsp3) is 0.588. The molecule has 0 radical (unpaired) electrons. The molecule has 2 rings (SSSR count). The van der Waals surface area contributed by atoms with Crippen molar-refractivity contribution in [3.8, 4) is 5.75 Å². The number of piperidine rings is 1. The van der Waals surface area contributed by atoms with E-state index in [2.05, 4.69) is 18.7 Å². The van der Waals surface area contributed by atoms with Gasteiger partial charge in [0, 0.05) is 12.1 Å². The number of ketones is 1. The molecule has 3 heteroatoms. The van der Waals surface area contributed by atoms with Gasteiger partial charge < -0.3 is 4.74 Å². The average Bonchev–Trinajstić information content (AvgIpc) is 2.42. The molecule has 1 aromatic rings. The highest BCUT2D eigenvalue weighted by molar-refractivity contribution is 6.00. The molecule has 0 amide bonds. The highest BCUT2D eigenvalue weighted by Crippen LogP contribution is 2.25. The zero-order valence-electron chi connectivity index (χ0n) is 13.0. The van der Waals surface area contributed by atoms with Gasteiger partial charge in [0.25, 0.3) is 0 Å². The summed E-state index contributed by atoms with van der Waals surface area (Å²) in [6.07, 6.45) is 3.63. The maximum Gasteiger partial charge on any atom is 0.180 e. The van der Waals surface area contributed by atoms with Crippen LogP contribution in [0.2, 0.25) is 0 Å². The summed E-state index contributed by atoms with van der Waals surface area (Å²) >= 11 is 0. The zero-order chi connectivity index (χ0) is 14.7. The summed E-state index contributed by atoms with van der Waals surface area (Å²) in [5.74, 6) is 0.842. The van der Waals surface area contributed by atoms with E-state index in [0.717, 1.165) is 5.56 Å². The lowest BCUT2D eigenvalue weighted by atomic mass is 9.96. The third-order valence-corrected chi connectivity index (χ3v) is 4.36. The van der Waals surface area contributed by atoms with Crippen LogP contribution in [0.15, 0.2) is 18.2 Å². The van der Waals surface area contributed by atoms with E-state index in [1.54, 1.807) is 7.11 Å². The standard InChI is InChI=1S/C17H25NO2/c1-12-8-9-15(17(10-12)20-4)16(19)11-18-13(2)6-5-7-14(18)3/h8-10,13-14H,5-7,11H2,1-4H3. The summed E-state index contributed by atoms with van der Waals surface area (Å²) in [6, 6.07) is 6.75. The molecule has 0 N–H and O–H groups in total. The van der Waals surface area contributed by atoms with Crippen LogP contribution in [-0.2, 0) is 0 Å². The third-order valence-electron chi connectivity index (χ3n) is 4.36. The van der Waals surface area contributed by atoms with Crippen molar-refractivity contribution >= 4 is 5.78 Å². The Morgan fingerprint density at radius 2 is 1.95 bits per heavy atom. The summed E-state index contributed by atoms with van der Waals surface area (Å²) < 4.78 is 5.35. The number of Topliss-reactive ketones (excluding diaryl/α,β-unsaturated/α-hetero) is 1. The summed E-state index contributed by atoms with van der Waals surface area (Å²) in [7, 11) is 1.62. The number of carbonyl (C=O) groups excluding carboxylic acids is 1. The number of aryl methyl sites for hydroxylation is 1. The molecule has 1 fully saturated rings. The van der Waals surface area contributed by atoms with E-state index >= 15 is 0 Å². The van der Waals surface area contributed by atoms with Crippen molar-refractivity contribution in [3.05, 3.63) is 29.3 Å². The van der Waals surface area contributed by atoms with E-state index in [-0.39, 0.29) is 5.78 Å². The van der Waals surface area contributed by atoms with E-state index in [4.69, 9.17) is 4.74 Å². The van der Waals surface area contributed by atoms with E-state index in [1.165, 1.54) is 19.3 Å². The number of methoxy groups -OCH3 is 1. The number of benzene rings is 1. The number of likely N-dealkylation sites (tertiary alicyclic amines) is 1. The van der Waals surface area contributed by atoms with Gasteiger partial charge in [-0.25, -0.2) is 0 Å². The van der Waals surface area contributed by atoms with Crippen molar-refractivity contribution in [2.24, 2.45) is 0 Å². The molecule has 110 valence electrons. The minimum atomic E-state index is 0.155. The Balaban J connectivity index is 2.15. The van der Waals surface area contributed by atoms with Crippen LogP contribution in [0.25, 0.3) is 0 Å². The SMILES string of the molecule is COc1cc(C)ccc1C(=O)CN1C(C)CCCC1C. The zero-order valence-corrected chi connectivity index (χ0v) is 13.0. The first kappa shape index (κ1) is 15.0. The third kappa shape index (κ3) is 3.21. The predicted molar refractivity (Wildman–Crippen MR) is 81.5 cm³/mol. The predicted octanol–water partition coefficient (Wildman–Crippen LogP) is 3.45. The van der Waals surface area contributed by atoms with E-state index in [1.807, 2.05) is 25.1 Å². The van der Waals surface area contributed by atoms with Crippen LogP contribution in [-0.4, -0.2) is 36.4 Å². The molecule has 1 aliphatic rings. The van der Waals surface area contributed by atoms with Gasteiger partial charge in [0.15, 0.2) is 5.78 Å². The molecule has 0 bridgehead atoms. The van der Waals surface area contributed by atoms with Gasteiger partial charge in [0.05, 0.1) is 19.2 Å². The summed E-state index contributed by atoms with van der Waals surface area (Å²) in [4.78, 5) is 14.9. The average molecular weight is 275 g/mol. The van der Waals surface area contributed by atoms with Crippen LogP contribution >= 0.6 is 0 Å². The number of rotatable bonds is 4. The summed E-state index contributed by atoms with van der Waals surface area (Å²) in [5.41, 5.74) is 1.81. The van der Waals surface area contributed by atoms with E-state index < -0.39 is 0 Å². The van der Waals surface area contributed by atoms with Crippen LogP contribution in [0.1, 0.15) is 49.0 Å². The van der Waals surface area contributed by atoms with Gasteiger partial charge in [0.2, 0.25) is 0 Å². The number of hydrogen-bond acceptors (Lipinski definition) is 3. The molecular formula is C17H25NO2. The lowest BCUT2D eigenvalue weighted by Gasteiger charge is -2.38. The van der Waals surface area contributed by atoms with E-state index in [9.17, 15) is 4.79 Å². The van der Waals surface area contributed by atoms with Crippen LogP contribution in [0.4, 0.5) is 0 Å². The molecule has 0 saturated carbocycles. The lowest BCUT2D eigenvalue weighted by Crippen LogP contribution is -2.46. The van der Waals surface area contributed by atoms with Gasteiger partial charge in [-0.3, -0.25) is 9.69 Å². The van der Waals surface area contributed by atoms with Gasteiger partial charge in [0.1, 0.15) is 5.75 Å². The van der Waals surface area contributed by atoms with Crippen LogP contribution in [0.3, 0.4) is 0 Å². The Hall–Kier alpha value is -1.35. The monoisotopic (exact) mass is 275 g/mol. The van der Waals surface area contributed by atoms with Crippen molar-refractivity contribution in [1.29, 1.82) is 0 Å². The van der Waals surface area contributed by atoms with Gasteiger partial charge in [-0.05, 0) is 51.3 Å². The van der Waals surface area contributed by atoms with Crippen LogP contribution in [0.5, 0.6) is 5.75 Å². The molecule has 2 unspecified atom stereocenters. The Bertz CT molecular complexity index is 474. The Labute approximate surface area is 121 Å². The quantitative estimate of drug-likeness (QED) is 0.788. The fourth-order valence-electron chi connectivity index (χ4n) is 3.07. The molecular weight excluding hydrogens is 250 g/mol. The Kier molecular flexibility index (Phi) is 4.81. The van der Waals surface area contributed by atoms with Crippen molar-refractivity contribution in [2.45, 2.75) is 52.1 Å². The number of ether oxygens (including phenoxy) is 1. The molecule has 2 atom stereocenters. The molecule has 20 heavy (non-hydrogen) atoms. The smallest absolute Gasteiger partial charge is 0.180 e. The van der Waals surface area contributed by atoms with Crippen molar-refractivity contribution in [3.63, 3.8) is 0 Å². The van der Waals surface area contributed by atoms with Gasteiger partial charge in [-0.1, -0.05) is 12.5 Å². The first-order valence-electron chi connectivity index (χ1n) is 7.46. The highest BCUT2D eigenvalue weighted by atomic mass is 16.5. The molecule has 0 spiro atoms. The topological polar surface area (TPSA) is 29.5 Å². The lowest BCUT2D eigenvalue weighted by molar-refractivity contribution is 0.0732. The second-order valence-electron chi connectivity index (χ2n) is 5.93. The van der Waals surface area contributed by atoms with Crippen molar-refractivity contribution in [1.82, 2.24) is 4.90 Å². The largest absolute Gasteiger partial charge is 0.496 e. The Morgan fingerprint density at radius 1 is 1.30 bits per heavy atom. The van der Waals surface area contributed by atoms with Crippen LogP contribution < -0.4 is 4.74 Å². The molecule has 1 saturated heterocycles. The molecule has 1 heterocycles. The highest BCUT2D eigenvalue weighted by Gasteiger charge is 2.27. The number of hydrogen-bond donors (Lipinski definition) is 0. The minimum absolute atomic E-state index is 0.155. The Morgan fingerprint density at radius 3 is 2.55 bits per heavy atom. The van der Waals surface area contributed by atoms with Gasteiger partial charge in [-0.2, -0.15) is 0 Å². The number of carbonyl (C=O) groups is 1. The van der Waals surface area contributed by atoms with Crippen LogP contribution in [0, 0.1) is 6.92 Å². The molecule has 1 aliphatic heterocycles. The molecule has 3 nitrogen and oxygen atoms in total. The van der Waals surface area contributed by atoms with Gasteiger partial charge >= 0.3 is 0 Å². The second-order valence-corrected chi connectivity index (χ2v) is 5.93. The normalized spacial score (nSPS) is 23.6. The molecule has 0 aromatic heterocycles. The maximum atomic E-state index is 12.6. The molecule has 1 aromatic carbocycles. The van der Waals surface area contributed by atoms with Gasteiger partial charge in [-0.15, -0.1) is 0 Å². The van der Waals surface area contributed by atoms with E-state index in [0.29, 0.717) is 29.9 Å².